The number of allylic oxidation sites excluding steroid dienone is 1. The average molecular weight is 469 g/mol. The summed E-state index contributed by atoms with van der Waals surface area (Å²) in [6.07, 6.45) is 0.284. The fourth-order valence-corrected chi connectivity index (χ4v) is 4.54. The van der Waals surface area contributed by atoms with Crippen LogP contribution in [-0.4, -0.2) is 28.5 Å². The minimum Gasteiger partial charge on any atom is -0.454 e. The Kier molecular flexibility index (Phi) is 5.34. The fraction of sp³-hybridized carbons (Fsp3) is 0.280. The summed E-state index contributed by atoms with van der Waals surface area (Å²) in [5.74, 6) is 0.996. The molecule has 34 heavy (non-hydrogen) atoms. The second-order valence-electron chi connectivity index (χ2n) is 8.42. The summed E-state index contributed by atoms with van der Waals surface area (Å²) in [5.41, 5.74) is 3.02. The number of carbonyl (C=O) groups excluding carboxylic acids is 1. The Morgan fingerprint density at radius 3 is 2.53 bits per heavy atom. The highest BCUT2D eigenvalue weighted by atomic mass is 19.4. The number of nitrogens with one attached hydrogen (secondary N) is 1. The molecule has 6 nitrogen and oxygen atoms in total. The first-order valence-corrected chi connectivity index (χ1v) is 10.8. The maximum Gasteiger partial charge on any atom is 0.416 e. The van der Waals surface area contributed by atoms with Gasteiger partial charge in [-0.1, -0.05) is 12.2 Å². The minimum atomic E-state index is -4.38. The molecule has 1 aliphatic carbocycles. The molecule has 0 spiro atoms. The van der Waals surface area contributed by atoms with Crippen molar-refractivity contribution in [2.24, 2.45) is 0 Å². The van der Waals surface area contributed by atoms with E-state index >= 15 is 0 Å². The van der Waals surface area contributed by atoms with Crippen molar-refractivity contribution in [1.82, 2.24) is 15.1 Å². The summed E-state index contributed by atoms with van der Waals surface area (Å²) < 4.78 is 51.0. The van der Waals surface area contributed by atoms with Gasteiger partial charge in [-0.3, -0.25) is 4.79 Å². The van der Waals surface area contributed by atoms with Gasteiger partial charge in [0.2, 0.25) is 6.79 Å². The van der Waals surface area contributed by atoms with Gasteiger partial charge in [0.05, 0.1) is 16.9 Å². The maximum atomic E-state index is 12.9. The zero-order valence-corrected chi connectivity index (χ0v) is 18.5. The van der Waals surface area contributed by atoms with Crippen LogP contribution in [0, 0.1) is 13.8 Å². The van der Waals surface area contributed by atoms with Crippen LogP contribution < -0.4 is 14.8 Å². The molecule has 3 aromatic rings. The topological polar surface area (TPSA) is 65.4 Å². The smallest absolute Gasteiger partial charge is 0.416 e. The van der Waals surface area contributed by atoms with Gasteiger partial charge in [-0.05, 0) is 62.7 Å². The SMILES string of the molecule is Cc1nn(-c2ccc(C(F)(F)F)cc2)c(C)c1C1C=CC(NC(=O)c2ccc3c(c2)OCO3)C1. The largest absolute Gasteiger partial charge is 0.454 e. The van der Waals surface area contributed by atoms with Crippen LogP contribution in [0.25, 0.3) is 5.69 Å². The van der Waals surface area contributed by atoms with E-state index in [9.17, 15) is 18.0 Å². The number of amides is 1. The van der Waals surface area contributed by atoms with E-state index in [2.05, 4.69) is 10.4 Å². The lowest BCUT2D eigenvalue weighted by Gasteiger charge is -2.15. The third-order valence-corrected chi connectivity index (χ3v) is 6.19. The van der Waals surface area contributed by atoms with Crippen molar-refractivity contribution in [3.63, 3.8) is 0 Å². The number of aryl methyl sites for hydroxylation is 1. The van der Waals surface area contributed by atoms with Gasteiger partial charge >= 0.3 is 6.18 Å². The van der Waals surface area contributed by atoms with E-state index in [0.29, 0.717) is 29.2 Å². The first-order valence-electron chi connectivity index (χ1n) is 10.8. The summed E-state index contributed by atoms with van der Waals surface area (Å²) >= 11 is 0. The summed E-state index contributed by atoms with van der Waals surface area (Å²) in [6.45, 7) is 3.93. The number of carbonyl (C=O) groups is 1. The number of rotatable bonds is 4. The van der Waals surface area contributed by atoms with Gasteiger partial charge in [0.15, 0.2) is 11.5 Å². The summed E-state index contributed by atoms with van der Waals surface area (Å²) in [5, 5.41) is 7.60. The van der Waals surface area contributed by atoms with E-state index in [-0.39, 0.29) is 24.7 Å². The third kappa shape index (κ3) is 4.02. The normalized spacial score (nSPS) is 19.0. The monoisotopic (exact) mass is 469 g/mol. The van der Waals surface area contributed by atoms with Crippen LogP contribution in [0.15, 0.2) is 54.6 Å². The number of hydrogen-bond donors (Lipinski definition) is 1. The van der Waals surface area contributed by atoms with E-state index in [0.717, 1.165) is 29.1 Å². The molecule has 0 saturated carbocycles. The van der Waals surface area contributed by atoms with Crippen molar-refractivity contribution in [2.45, 2.75) is 38.4 Å². The van der Waals surface area contributed by atoms with E-state index in [1.165, 1.54) is 12.1 Å². The zero-order valence-electron chi connectivity index (χ0n) is 18.5. The van der Waals surface area contributed by atoms with Gasteiger partial charge in [-0.2, -0.15) is 18.3 Å². The van der Waals surface area contributed by atoms with Crippen molar-refractivity contribution in [3.8, 4) is 17.2 Å². The third-order valence-electron chi connectivity index (χ3n) is 6.19. The Bertz CT molecular complexity index is 1280. The van der Waals surface area contributed by atoms with Gasteiger partial charge in [0, 0.05) is 28.8 Å². The van der Waals surface area contributed by atoms with Gasteiger partial charge < -0.3 is 14.8 Å². The molecule has 2 aliphatic rings. The molecule has 9 heteroatoms. The highest BCUT2D eigenvalue weighted by molar-refractivity contribution is 5.95. The van der Waals surface area contributed by atoms with Crippen molar-refractivity contribution in [2.75, 3.05) is 6.79 Å². The van der Waals surface area contributed by atoms with Crippen LogP contribution in [-0.2, 0) is 6.18 Å². The number of aromatic nitrogens is 2. The van der Waals surface area contributed by atoms with Crippen molar-refractivity contribution in [3.05, 3.63) is 82.7 Å². The van der Waals surface area contributed by atoms with E-state index in [4.69, 9.17) is 9.47 Å². The summed E-state index contributed by atoms with van der Waals surface area (Å²) in [4.78, 5) is 12.7. The van der Waals surface area contributed by atoms with E-state index < -0.39 is 11.7 Å². The Morgan fingerprint density at radius 1 is 1.06 bits per heavy atom. The molecule has 1 amide bonds. The Hall–Kier alpha value is -3.75. The predicted octanol–water partition coefficient (Wildman–Crippen LogP) is 5.08. The van der Waals surface area contributed by atoms with E-state index in [1.807, 2.05) is 26.0 Å². The van der Waals surface area contributed by atoms with Gasteiger partial charge in [0.1, 0.15) is 0 Å². The molecular weight excluding hydrogens is 447 g/mol. The highest BCUT2D eigenvalue weighted by Gasteiger charge is 2.31. The van der Waals surface area contributed by atoms with Crippen molar-refractivity contribution < 1.29 is 27.4 Å². The van der Waals surface area contributed by atoms with Crippen LogP contribution in [0.3, 0.4) is 0 Å². The second kappa shape index (κ2) is 8.23. The molecule has 0 bridgehead atoms. The average Bonchev–Trinajstić information content (AvgIpc) is 3.51. The second-order valence-corrected chi connectivity index (χ2v) is 8.42. The molecule has 2 aromatic carbocycles. The number of alkyl halides is 3. The highest BCUT2D eigenvalue weighted by Crippen LogP contribution is 2.36. The van der Waals surface area contributed by atoms with Crippen LogP contribution in [0.2, 0.25) is 0 Å². The first kappa shape index (κ1) is 22.1. The molecular formula is C25H22F3N3O3. The van der Waals surface area contributed by atoms with E-state index in [1.54, 1.807) is 22.9 Å². The molecule has 1 aliphatic heterocycles. The van der Waals surface area contributed by atoms with Crippen LogP contribution in [0.5, 0.6) is 11.5 Å². The lowest BCUT2D eigenvalue weighted by molar-refractivity contribution is -0.137. The number of nitrogens with zero attached hydrogens (tertiary/aromatic N) is 2. The number of fused-ring (bicyclic) bond motifs is 1. The molecule has 2 heterocycles. The molecule has 2 atom stereocenters. The Labute approximate surface area is 194 Å². The maximum absolute atomic E-state index is 12.9. The van der Waals surface area contributed by atoms with Crippen LogP contribution in [0.1, 0.15) is 45.2 Å². The van der Waals surface area contributed by atoms with Gasteiger partial charge in [-0.25, -0.2) is 4.68 Å². The van der Waals surface area contributed by atoms with Crippen molar-refractivity contribution in [1.29, 1.82) is 0 Å². The molecule has 176 valence electrons. The Balaban J connectivity index is 1.30. The van der Waals surface area contributed by atoms with Crippen molar-refractivity contribution >= 4 is 5.91 Å². The molecule has 5 rings (SSSR count). The van der Waals surface area contributed by atoms with Gasteiger partial charge in [0.25, 0.3) is 5.91 Å². The fourth-order valence-electron chi connectivity index (χ4n) is 4.54. The summed E-state index contributed by atoms with van der Waals surface area (Å²) in [7, 11) is 0. The number of benzene rings is 2. The molecule has 0 radical (unpaired) electrons. The van der Waals surface area contributed by atoms with Crippen LogP contribution >= 0.6 is 0 Å². The van der Waals surface area contributed by atoms with Crippen LogP contribution in [0.4, 0.5) is 13.2 Å². The summed E-state index contributed by atoms with van der Waals surface area (Å²) in [6, 6.07) is 9.88. The minimum absolute atomic E-state index is 0.0326. The number of hydrogen-bond acceptors (Lipinski definition) is 4. The number of halogens is 3. The molecule has 1 N–H and O–H groups in total. The lowest BCUT2D eigenvalue weighted by Crippen LogP contribution is -2.32. The Morgan fingerprint density at radius 2 is 1.79 bits per heavy atom. The lowest BCUT2D eigenvalue weighted by atomic mass is 9.95. The predicted molar refractivity (Wildman–Crippen MR) is 118 cm³/mol. The van der Waals surface area contributed by atoms with Gasteiger partial charge in [-0.15, -0.1) is 0 Å². The molecule has 2 unspecified atom stereocenters. The molecule has 0 fully saturated rings. The first-order chi connectivity index (χ1) is 16.2. The standard InChI is InChI=1S/C25H22F3N3O3/c1-14-23(15(2)31(30-14)20-8-5-18(6-9-20)25(26,27)28)16-3-7-19(11-16)29-24(32)17-4-10-21-22(12-17)34-13-33-21/h3-10,12,16,19H,11,13H2,1-2H3,(H,29,32). The zero-order chi connectivity index (χ0) is 24.0. The molecule has 0 saturated heterocycles. The quantitative estimate of drug-likeness (QED) is 0.542. The number of ether oxygens (including phenoxy) is 2. The molecule has 1 aromatic heterocycles.